The molecule has 3 aromatic rings. The second-order valence-electron chi connectivity index (χ2n) is 9.48. The average molecular weight is 632 g/mol. The summed E-state index contributed by atoms with van der Waals surface area (Å²) in [6, 6.07) is 23.6. The monoisotopic (exact) mass is 630 g/mol. The number of hydrogen-bond acceptors (Lipinski definition) is 8. The van der Waals surface area contributed by atoms with Gasteiger partial charge in [-0.05, 0) is 23.3 Å². The fourth-order valence-electron chi connectivity index (χ4n) is 4.35. The van der Waals surface area contributed by atoms with Crippen LogP contribution in [-0.2, 0) is 46.4 Å². The van der Waals surface area contributed by atoms with E-state index in [1.54, 1.807) is 0 Å². The van der Waals surface area contributed by atoms with Gasteiger partial charge in [-0.25, -0.2) is 0 Å². The van der Waals surface area contributed by atoms with Crippen molar-refractivity contribution in [2.75, 3.05) is 66.1 Å². The fraction of sp³-hybridized carbons (Fsp3) is 0.438. The molecule has 1 aliphatic heterocycles. The van der Waals surface area contributed by atoms with Gasteiger partial charge in [-0.2, -0.15) is 0 Å². The summed E-state index contributed by atoms with van der Waals surface area (Å²) in [5, 5.41) is 11.0. The Kier molecular flexibility index (Phi) is 14.1. The molecule has 0 spiro atoms. The molecule has 2 bridgehead atoms. The van der Waals surface area contributed by atoms with Crippen LogP contribution in [0.25, 0.3) is 0 Å². The van der Waals surface area contributed by atoms with Gasteiger partial charge in [0.25, 0.3) is 0 Å². The summed E-state index contributed by atoms with van der Waals surface area (Å²) >= 11 is 3.56. The molecule has 3 aromatic carbocycles. The van der Waals surface area contributed by atoms with Crippen molar-refractivity contribution >= 4 is 15.9 Å². The molecule has 4 rings (SSSR count). The molecule has 1 aliphatic rings. The molecular formula is C32H39BrO8. The first-order valence-corrected chi connectivity index (χ1v) is 14.7. The topological polar surface area (TPSA) is 84.8 Å². The van der Waals surface area contributed by atoms with Crippen molar-refractivity contribution in [3.05, 3.63) is 99.5 Å². The Balaban J connectivity index is 1.43. The van der Waals surface area contributed by atoms with Crippen molar-refractivity contribution in [2.45, 2.75) is 25.4 Å². The number of benzene rings is 3. The third-order valence-corrected chi connectivity index (χ3v) is 6.92. The number of halogens is 1. The molecule has 0 radical (unpaired) electrons. The van der Waals surface area contributed by atoms with Crippen LogP contribution >= 0.6 is 15.9 Å². The normalized spacial score (nSPS) is 21.5. The lowest BCUT2D eigenvalue weighted by molar-refractivity contribution is -0.0571. The van der Waals surface area contributed by atoms with Crippen LogP contribution in [0.4, 0.5) is 0 Å². The van der Waals surface area contributed by atoms with Crippen LogP contribution in [0.3, 0.4) is 0 Å². The summed E-state index contributed by atoms with van der Waals surface area (Å²) in [5.41, 5.74) is 3.35. The number of aromatic hydroxyl groups is 1. The molecule has 1 heterocycles. The summed E-state index contributed by atoms with van der Waals surface area (Å²) in [4.78, 5) is 0. The molecular weight excluding hydrogens is 592 g/mol. The van der Waals surface area contributed by atoms with Crippen LogP contribution in [-0.4, -0.2) is 71.2 Å². The van der Waals surface area contributed by atoms with Gasteiger partial charge < -0.3 is 38.3 Å². The molecule has 0 aliphatic carbocycles. The van der Waals surface area contributed by atoms with Crippen LogP contribution in [0.15, 0.2) is 77.3 Å². The fourth-order valence-corrected chi connectivity index (χ4v) is 4.90. The first kappa shape index (κ1) is 31.6. The lowest BCUT2D eigenvalue weighted by Crippen LogP contribution is -2.17. The SMILES string of the molecule is Oc1c2cc(Br)cc1COC[C@H](c1ccccc1)OCCOCCOCCOCCOC(c1ccccc1)COC2. The predicted octanol–water partition coefficient (Wildman–Crippen LogP) is 5.77. The second-order valence-corrected chi connectivity index (χ2v) is 10.4. The van der Waals surface area contributed by atoms with E-state index >= 15 is 0 Å². The predicted molar refractivity (Wildman–Crippen MR) is 158 cm³/mol. The first-order valence-electron chi connectivity index (χ1n) is 13.9. The summed E-state index contributed by atoms with van der Waals surface area (Å²) in [7, 11) is 0. The molecule has 9 heteroatoms. The van der Waals surface area contributed by atoms with Crippen LogP contribution in [0.2, 0.25) is 0 Å². The highest BCUT2D eigenvalue weighted by Crippen LogP contribution is 2.30. The molecule has 0 aromatic heterocycles. The molecule has 41 heavy (non-hydrogen) atoms. The highest BCUT2D eigenvalue weighted by molar-refractivity contribution is 9.10. The molecule has 0 saturated carbocycles. The Bertz CT molecular complexity index is 1050. The van der Waals surface area contributed by atoms with E-state index in [-0.39, 0.29) is 31.2 Å². The van der Waals surface area contributed by atoms with E-state index in [1.165, 1.54) is 0 Å². The van der Waals surface area contributed by atoms with Crippen LogP contribution in [0.5, 0.6) is 5.75 Å². The molecule has 1 N–H and O–H groups in total. The minimum atomic E-state index is -0.272. The Morgan fingerprint density at radius 2 is 0.927 bits per heavy atom. The van der Waals surface area contributed by atoms with Gasteiger partial charge in [0.1, 0.15) is 18.0 Å². The molecule has 2 atom stereocenters. The Morgan fingerprint density at radius 1 is 0.537 bits per heavy atom. The summed E-state index contributed by atoms with van der Waals surface area (Å²) in [5.74, 6) is 0.154. The van der Waals surface area contributed by atoms with E-state index in [0.29, 0.717) is 77.2 Å². The smallest absolute Gasteiger partial charge is 0.126 e. The molecule has 0 amide bonds. The zero-order chi connectivity index (χ0) is 28.5. The van der Waals surface area contributed by atoms with Gasteiger partial charge in [-0.1, -0.05) is 76.6 Å². The lowest BCUT2D eigenvalue weighted by Gasteiger charge is -2.20. The van der Waals surface area contributed by atoms with E-state index in [4.69, 9.17) is 33.2 Å². The van der Waals surface area contributed by atoms with Crippen molar-refractivity contribution in [3.63, 3.8) is 0 Å². The van der Waals surface area contributed by atoms with E-state index in [9.17, 15) is 5.11 Å². The van der Waals surface area contributed by atoms with Crippen LogP contribution < -0.4 is 0 Å². The third kappa shape index (κ3) is 11.1. The third-order valence-electron chi connectivity index (χ3n) is 6.47. The minimum Gasteiger partial charge on any atom is -0.507 e. The van der Waals surface area contributed by atoms with Gasteiger partial charge in [0.05, 0.1) is 79.3 Å². The van der Waals surface area contributed by atoms with Gasteiger partial charge in [0, 0.05) is 15.6 Å². The van der Waals surface area contributed by atoms with E-state index in [2.05, 4.69) is 15.9 Å². The molecule has 0 fully saturated rings. The standard InChI is InChI=1S/C32H39BrO8/c33-29-19-27-21-38-23-30(25-7-3-1-4-8-25)40-17-15-36-13-11-35-12-14-37-16-18-41-31(26-9-5-2-6-10-26)24-39-22-28(20-29)32(27)34/h1-10,19-20,30-31,34H,11-18,21-24H2/t30-,31?/m1/s1. The zero-order valence-corrected chi connectivity index (χ0v) is 24.8. The number of phenols is 1. The van der Waals surface area contributed by atoms with Crippen LogP contribution in [0.1, 0.15) is 34.5 Å². The zero-order valence-electron chi connectivity index (χ0n) is 23.3. The van der Waals surface area contributed by atoms with E-state index in [1.807, 2.05) is 72.8 Å². The maximum atomic E-state index is 11.0. The van der Waals surface area contributed by atoms with Crippen molar-refractivity contribution in [3.8, 4) is 5.75 Å². The van der Waals surface area contributed by atoms with Crippen molar-refractivity contribution in [1.29, 1.82) is 0 Å². The molecule has 222 valence electrons. The maximum Gasteiger partial charge on any atom is 0.126 e. The van der Waals surface area contributed by atoms with Crippen molar-refractivity contribution in [2.24, 2.45) is 0 Å². The minimum absolute atomic E-state index is 0.154. The maximum absolute atomic E-state index is 11.0. The number of fused-ring (bicyclic) bond motifs is 2. The van der Waals surface area contributed by atoms with Gasteiger partial charge in [0.2, 0.25) is 0 Å². The van der Waals surface area contributed by atoms with Gasteiger partial charge >= 0.3 is 0 Å². The van der Waals surface area contributed by atoms with Crippen molar-refractivity contribution < 1.29 is 38.3 Å². The van der Waals surface area contributed by atoms with Gasteiger partial charge in [-0.3, -0.25) is 0 Å². The Hall–Kier alpha value is -2.34. The highest BCUT2D eigenvalue weighted by Gasteiger charge is 2.17. The number of phenolic OH excluding ortho intramolecular Hbond substituents is 1. The molecule has 0 saturated heterocycles. The van der Waals surface area contributed by atoms with Crippen molar-refractivity contribution in [1.82, 2.24) is 0 Å². The average Bonchev–Trinajstić information content (AvgIpc) is 3.00. The largest absolute Gasteiger partial charge is 0.507 e. The van der Waals surface area contributed by atoms with Crippen LogP contribution in [0, 0.1) is 0 Å². The molecule has 8 nitrogen and oxygen atoms in total. The van der Waals surface area contributed by atoms with Gasteiger partial charge in [0.15, 0.2) is 0 Å². The lowest BCUT2D eigenvalue weighted by atomic mass is 10.1. The van der Waals surface area contributed by atoms with Gasteiger partial charge in [-0.15, -0.1) is 0 Å². The number of hydrogen-bond donors (Lipinski definition) is 1. The quantitative estimate of drug-likeness (QED) is 0.382. The highest BCUT2D eigenvalue weighted by atomic mass is 79.9. The molecule has 1 unspecified atom stereocenters. The summed E-state index contributed by atoms with van der Waals surface area (Å²) < 4.78 is 42.1. The Morgan fingerprint density at radius 3 is 1.34 bits per heavy atom. The van der Waals surface area contributed by atoms with E-state index < -0.39 is 0 Å². The second kappa shape index (κ2) is 18.3. The summed E-state index contributed by atoms with van der Waals surface area (Å²) in [6.07, 6.45) is -0.545. The number of ether oxygens (including phenoxy) is 7. The first-order chi connectivity index (χ1) is 20.2. The number of rotatable bonds is 2. The summed E-state index contributed by atoms with van der Waals surface area (Å²) in [6.45, 7) is 4.71. The Labute approximate surface area is 250 Å². The van der Waals surface area contributed by atoms with E-state index in [0.717, 1.165) is 15.6 Å².